The number of carbonyl (C=O) groups excluding carboxylic acids is 1. The minimum absolute atomic E-state index is 0.0351. The van der Waals surface area contributed by atoms with Gasteiger partial charge in [-0.05, 0) is 53.8 Å². The SMILES string of the molecule is CN(C)CCCn1ccnc1C1CCCN(C(=O)C(C)(C)N)C1. The Balaban J connectivity index is 2.02. The van der Waals surface area contributed by atoms with Crippen LogP contribution in [0.15, 0.2) is 12.4 Å². The summed E-state index contributed by atoms with van der Waals surface area (Å²) in [5, 5.41) is 0. The number of aryl methyl sites for hydroxylation is 1. The van der Waals surface area contributed by atoms with Gasteiger partial charge in [0.05, 0.1) is 5.54 Å². The molecule has 1 saturated heterocycles. The number of nitrogens with two attached hydrogens (primary N) is 1. The molecule has 1 amide bonds. The Bertz CT molecular complexity index is 517. The molecule has 2 heterocycles. The molecular formula is C17H31N5O. The van der Waals surface area contributed by atoms with Gasteiger partial charge < -0.3 is 20.1 Å². The molecular weight excluding hydrogens is 290 g/mol. The third kappa shape index (κ3) is 4.78. The first-order chi connectivity index (χ1) is 10.8. The maximum atomic E-state index is 12.4. The van der Waals surface area contributed by atoms with Crippen LogP contribution in [-0.2, 0) is 11.3 Å². The van der Waals surface area contributed by atoms with Gasteiger partial charge in [-0.3, -0.25) is 4.79 Å². The molecule has 1 aliphatic rings. The Morgan fingerprint density at radius 1 is 1.48 bits per heavy atom. The Morgan fingerprint density at radius 2 is 2.22 bits per heavy atom. The van der Waals surface area contributed by atoms with E-state index < -0.39 is 5.54 Å². The predicted molar refractivity (Wildman–Crippen MR) is 92.2 cm³/mol. The molecule has 1 aromatic heterocycles. The monoisotopic (exact) mass is 321 g/mol. The molecule has 23 heavy (non-hydrogen) atoms. The topological polar surface area (TPSA) is 67.4 Å². The second kappa shape index (κ2) is 7.45. The van der Waals surface area contributed by atoms with Crippen molar-refractivity contribution in [3.8, 4) is 0 Å². The summed E-state index contributed by atoms with van der Waals surface area (Å²) in [6, 6.07) is 0. The van der Waals surface area contributed by atoms with Crippen LogP contribution < -0.4 is 5.73 Å². The van der Waals surface area contributed by atoms with Gasteiger partial charge in [0.1, 0.15) is 5.82 Å². The second-order valence-corrected chi connectivity index (χ2v) is 7.45. The summed E-state index contributed by atoms with van der Waals surface area (Å²) < 4.78 is 2.25. The molecule has 6 heteroatoms. The minimum atomic E-state index is -0.803. The third-order valence-electron chi connectivity index (χ3n) is 4.38. The predicted octanol–water partition coefficient (Wildman–Crippen LogP) is 1.28. The van der Waals surface area contributed by atoms with Crippen molar-refractivity contribution in [3.63, 3.8) is 0 Å². The van der Waals surface area contributed by atoms with E-state index in [-0.39, 0.29) is 5.91 Å². The maximum Gasteiger partial charge on any atom is 0.242 e. The Morgan fingerprint density at radius 3 is 2.87 bits per heavy atom. The number of hydrogen-bond donors (Lipinski definition) is 1. The molecule has 130 valence electrons. The molecule has 0 saturated carbocycles. The van der Waals surface area contributed by atoms with Crippen LogP contribution in [0.4, 0.5) is 0 Å². The van der Waals surface area contributed by atoms with Gasteiger partial charge in [0.15, 0.2) is 0 Å². The van der Waals surface area contributed by atoms with E-state index in [0.717, 1.165) is 51.3 Å². The van der Waals surface area contributed by atoms with Crippen molar-refractivity contribution in [1.82, 2.24) is 19.4 Å². The lowest BCUT2D eigenvalue weighted by atomic mass is 9.94. The van der Waals surface area contributed by atoms with Crippen LogP contribution in [0.5, 0.6) is 0 Å². The van der Waals surface area contributed by atoms with Gasteiger partial charge in [-0.1, -0.05) is 0 Å². The average Bonchev–Trinajstić information content (AvgIpc) is 2.94. The average molecular weight is 321 g/mol. The van der Waals surface area contributed by atoms with Crippen LogP contribution >= 0.6 is 0 Å². The molecule has 0 bridgehead atoms. The fourth-order valence-electron chi connectivity index (χ4n) is 3.21. The van der Waals surface area contributed by atoms with E-state index in [4.69, 9.17) is 5.73 Å². The van der Waals surface area contributed by atoms with E-state index in [9.17, 15) is 4.79 Å². The quantitative estimate of drug-likeness (QED) is 0.857. The number of amides is 1. The Kier molecular flexibility index (Phi) is 5.81. The van der Waals surface area contributed by atoms with Gasteiger partial charge in [0, 0.05) is 37.9 Å². The van der Waals surface area contributed by atoms with E-state index in [2.05, 4.69) is 34.7 Å². The molecule has 1 unspecified atom stereocenters. The lowest BCUT2D eigenvalue weighted by Gasteiger charge is -2.36. The number of carbonyl (C=O) groups is 1. The normalized spacial score (nSPS) is 19.4. The number of aromatic nitrogens is 2. The molecule has 0 spiro atoms. The summed E-state index contributed by atoms with van der Waals surface area (Å²) in [5.41, 5.74) is 5.18. The number of likely N-dealkylation sites (tertiary alicyclic amines) is 1. The zero-order valence-corrected chi connectivity index (χ0v) is 15.0. The van der Waals surface area contributed by atoms with E-state index >= 15 is 0 Å². The maximum absolute atomic E-state index is 12.4. The molecule has 6 nitrogen and oxygen atoms in total. The molecule has 0 aliphatic carbocycles. The van der Waals surface area contributed by atoms with Crippen molar-refractivity contribution in [2.24, 2.45) is 5.73 Å². The van der Waals surface area contributed by atoms with Crippen LogP contribution in [0.25, 0.3) is 0 Å². The van der Waals surface area contributed by atoms with Gasteiger partial charge in [-0.15, -0.1) is 0 Å². The van der Waals surface area contributed by atoms with Crippen LogP contribution in [0.1, 0.15) is 44.9 Å². The zero-order valence-electron chi connectivity index (χ0n) is 15.0. The summed E-state index contributed by atoms with van der Waals surface area (Å²) in [5.74, 6) is 1.45. The van der Waals surface area contributed by atoms with E-state index in [1.807, 2.05) is 11.1 Å². The van der Waals surface area contributed by atoms with Crippen LogP contribution in [0, 0.1) is 0 Å². The highest BCUT2D eigenvalue weighted by Crippen LogP contribution is 2.27. The highest BCUT2D eigenvalue weighted by molar-refractivity contribution is 5.85. The van der Waals surface area contributed by atoms with E-state index in [0.29, 0.717) is 5.92 Å². The van der Waals surface area contributed by atoms with Gasteiger partial charge in [0.25, 0.3) is 0 Å². The van der Waals surface area contributed by atoms with Crippen molar-refractivity contribution >= 4 is 5.91 Å². The molecule has 1 aromatic rings. The lowest BCUT2D eigenvalue weighted by molar-refractivity contribution is -0.137. The smallest absolute Gasteiger partial charge is 0.242 e. The van der Waals surface area contributed by atoms with E-state index in [1.165, 1.54) is 0 Å². The molecule has 2 N–H and O–H groups in total. The summed E-state index contributed by atoms with van der Waals surface area (Å²) in [6.07, 6.45) is 7.12. The van der Waals surface area contributed by atoms with Gasteiger partial charge in [-0.2, -0.15) is 0 Å². The highest BCUT2D eigenvalue weighted by Gasteiger charge is 2.33. The van der Waals surface area contributed by atoms with Crippen molar-refractivity contribution < 1.29 is 4.79 Å². The largest absolute Gasteiger partial charge is 0.340 e. The summed E-state index contributed by atoms with van der Waals surface area (Å²) in [6.45, 7) is 7.12. The number of nitrogens with zero attached hydrogens (tertiary/aromatic N) is 4. The molecule has 1 aliphatic heterocycles. The summed E-state index contributed by atoms with van der Waals surface area (Å²) >= 11 is 0. The summed E-state index contributed by atoms with van der Waals surface area (Å²) in [4.78, 5) is 21.1. The van der Waals surface area contributed by atoms with Gasteiger partial charge in [-0.25, -0.2) is 4.98 Å². The third-order valence-corrected chi connectivity index (χ3v) is 4.38. The van der Waals surface area contributed by atoms with Crippen molar-refractivity contribution in [1.29, 1.82) is 0 Å². The highest BCUT2D eigenvalue weighted by atomic mass is 16.2. The van der Waals surface area contributed by atoms with Crippen LogP contribution in [0.3, 0.4) is 0 Å². The number of hydrogen-bond acceptors (Lipinski definition) is 4. The first-order valence-electron chi connectivity index (χ1n) is 8.53. The van der Waals surface area contributed by atoms with Gasteiger partial charge >= 0.3 is 0 Å². The van der Waals surface area contributed by atoms with Crippen molar-refractivity contribution in [3.05, 3.63) is 18.2 Å². The molecule has 1 atom stereocenters. The molecule has 1 fully saturated rings. The Labute approximate surface area is 139 Å². The van der Waals surface area contributed by atoms with E-state index in [1.54, 1.807) is 13.8 Å². The fraction of sp³-hybridized carbons (Fsp3) is 0.765. The number of rotatable bonds is 6. The molecule has 2 rings (SSSR count). The van der Waals surface area contributed by atoms with Crippen LogP contribution in [-0.4, -0.2) is 64.5 Å². The standard InChI is InChI=1S/C17H31N5O/c1-17(2,18)16(23)22-10-5-7-14(13-22)15-19-8-12-21(15)11-6-9-20(3)4/h8,12,14H,5-7,9-11,13,18H2,1-4H3. The second-order valence-electron chi connectivity index (χ2n) is 7.45. The number of piperidine rings is 1. The molecule has 0 radical (unpaired) electrons. The Hall–Kier alpha value is -1.40. The van der Waals surface area contributed by atoms with Gasteiger partial charge in [0.2, 0.25) is 5.91 Å². The lowest BCUT2D eigenvalue weighted by Crippen LogP contribution is -2.53. The number of imidazole rings is 1. The fourth-order valence-corrected chi connectivity index (χ4v) is 3.21. The summed E-state index contributed by atoms with van der Waals surface area (Å²) in [7, 11) is 4.18. The first-order valence-corrected chi connectivity index (χ1v) is 8.53. The van der Waals surface area contributed by atoms with Crippen molar-refractivity contribution in [2.75, 3.05) is 33.7 Å². The molecule has 0 aromatic carbocycles. The van der Waals surface area contributed by atoms with Crippen molar-refractivity contribution in [2.45, 2.75) is 51.1 Å². The first kappa shape index (κ1) is 17.9. The minimum Gasteiger partial charge on any atom is -0.340 e. The van der Waals surface area contributed by atoms with Crippen LogP contribution in [0.2, 0.25) is 0 Å². The zero-order chi connectivity index (χ0) is 17.0.